The summed E-state index contributed by atoms with van der Waals surface area (Å²) in [4.78, 5) is 0. The van der Waals surface area contributed by atoms with E-state index < -0.39 is 0 Å². The summed E-state index contributed by atoms with van der Waals surface area (Å²) in [5.74, 6) is 0.369. The van der Waals surface area contributed by atoms with Gasteiger partial charge in [0.15, 0.2) is 0 Å². The number of hydrogen-bond acceptors (Lipinski definition) is 0. The standard InChI is InChI=1S/C33H27N/c1-2-29(26-19-17-25(18-20-26)24-11-5-3-6-12-24)27-21-22-33-31(23-27)30-15-9-10-16-32(30)34(33)28-13-7-4-8-14-28/h3-23,29H,2H2,1H3. The minimum Gasteiger partial charge on any atom is -0.309 e. The monoisotopic (exact) mass is 437 g/mol. The number of rotatable bonds is 5. The Hall–Kier alpha value is -4.10. The Labute approximate surface area is 200 Å². The summed E-state index contributed by atoms with van der Waals surface area (Å²) in [5.41, 5.74) is 8.97. The molecule has 6 rings (SSSR count). The van der Waals surface area contributed by atoms with Gasteiger partial charge in [-0.05, 0) is 59.0 Å². The molecule has 0 saturated heterocycles. The van der Waals surface area contributed by atoms with Crippen LogP contribution in [0.2, 0.25) is 0 Å². The van der Waals surface area contributed by atoms with Crippen molar-refractivity contribution in [3.63, 3.8) is 0 Å². The van der Waals surface area contributed by atoms with E-state index in [-0.39, 0.29) is 0 Å². The molecule has 0 aliphatic rings. The van der Waals surface area contributed by atoms with E-state index in [1.54, 1.807) is 0 Å². The van der Waals surface area contributed by atoms with Crippen LogP contribution in [0.5, 0.6) is 0 Å². The Balaban J connectivity index is 1.45. The summed E-state index contributed by atoms with van der Waals surface area (Å²) >= 11 is 0. The quantitative estimate of drug-likeness (QED) is 0.253. The molecule has 6 aromatic rings. The molecule has 0 aliphatic heterocycles. The first-order valence-corrected chi connectivity index (χ1v) is 12.1. The van der Waals surface area contributed by atoms with Gasteiger partial charge in [0.1, 0.15) is 0 Å². The molecule has 0 spiro atoms. The van der Waals surface area contributed by atoms with Crippen LogP contribution in [-0.2, 0) is 0 Å². The van der Waals surface area contributed by atoms with Crippen molar-refractivity contribution in [2.24, 2.45) is 0 Å². The normalized spacial score (nSPS) is 12.3. The van der Waals surface area contributed by atoms with Gasteiger partial charge in [-0.15, -0.1) is 0 Å². The van der Waals surface area contributed by atoms with Crippen LogP contribution in [0.1, 0.15) is 30.4 Å². The van der Waals surface area contributed by atoms with Crippen LogP contribution in [0.4, 0.5) is 0 Å². The van der Waals surface area contributed by atoms with Crippen LogP contribution in [0.3, 0.4) is 0 Å². The lowest BCUT2D eigenvalue weighted by molar-refractivity contribution is 0.778. The third kappa shape index (κ3) is 3.50. The Bertz CT molecular complexity index is 1560. The van der Waals surface area contributed by atoms with Crippen LogP contribution in [0.15, 0.2) is 127 Å². The van der Waals surface area contributed by atoms with E-state index in [4.69, 9.17) is 0 Å². The molecule has 0 fully saturated rings. The fourth-order valence-corrected chi connectivity index (χ4v) is 5.26. The van der Waals surface area contributed by atoms with Crippen molar-refractivity contribution >= 4 is 21.8 Å². The van der Waals surface area contributed by atoms with E-state index in [2.05, 4.69) is 139 Å². The van der Waals surface area contributed by atoms with Gasteiger partial charge in [-0.2, -0.15) is 0 Å². The highest BCUT2D eigenvalue weighted by atomic mass is 15.0. The predicted molar refractivity (Wildman–Crippen MR) is 145 cm³/mol. The highest BCUT2D eigenvalue weighted by Gasteiger charge is 2.17. The molecule has 1 aromatic heterocycles. The van der Waals surface area contributed by atoms with Crippen molar-refractivity contribution in [2.75, 3.05) is 0 Å². The van der Waals surface area contributed by atoms with Crippen LogP contribution < -0.4 is 0 Å². The average molecular weight is 438 g/mol. The highest BCUT2D eigenvalue weighted by Crippen LogP contribution is 2.36. The van der Waals surface area contributed by atoms with E-state index >= 15 is 0 Å². The SMILES string of the molecule is CCC(c1ccc(-c2ccccc2)cc1)c1ccc2c(c1)c1ccccc1n2-c1ccccc1. The van der Waals surface area contributed by atoms with Gasteiger partial charge in [-0.1, -0.05) is 104 Å². The Morgan fingerprint density at radius 1 is 0.529 bits per heavy atom. The van der Waals surface area contributed by atoms with Gasteiger partial charge in [0.05, 0.1) is 11.0 Å². The Morgan fingerprint density at radius 3 is 1.85 bits per heavy atom. The van der Waals surface area contributed by atoms with Crippen LogP contribution in [0, 0.1) is 0 Å². The highest BCUT2D eigenvalue weighted by molar-refractivity contribution is 6.09. The molecule has 1 unspecified atom stereocenters. The largest absolute Gasteiger partial charge is 0.309 e. The van der Waals surface area contributed by atoms with Gasteiger partial charge in [-0.3, -0.25) is 0 Å². The summed E-state index contributed by atoms with van der Waals surface area (Å²) in [5, 5.41) is 2.62. The second-order valence-electron chi connectivity index (χ2n) is 8.91. The number of para-hydroxylation sites is 2. The van der Waals surface area contributed by atoms with Crippen LogP contribution in [0.25, 0.3) is 38.6 Å². The molecule has 34 heavy (non-hydrogen) atoms. The van der Waals surface area contributed by atoms with Gasteiger partial charge in [0, 0.05) is 22.4 Å². The summed E-state index contributed by atoms with van der Waals surface area (Å²) in [6.07, 6.45) is 1.06. The average Bonchev–Trinajstić information content (AvgIpc) is 3.24. The lowest BCUT2D eigenvalue weighted by Crippen LogP contribution is -2.00. The summed E-state index contributed by atoms with van der Waals surface area (Å²) < 4.78 is 2.38. The Morgan fingerprint density at radius 2 is 1.12 bits per heavy atom. The number of nitrogens with zero attached hydrogens (tertiary/aromatic N) is 1. The molecular weight excluding hydrogens is 410 g/mol. The molecule has 1 atom stereocenters. The Kier molecular flexibility index (Phi) is 5.24. The predicted octanol–water partition coefficient (Wildman–Crippen LogP) is 8.99. The molecule has 164 valence electrons. The molecule has 0 bridgehead atoms. The zero-order valence-electron chi connectivity index (χ0n) is 19.4. The number of fused-ring (bicyclic) bond motifs is 3. The van der Waals surface area contributed by atoms with Gasteiger partial charge < -0.3 is 4.57 Å². The van der Waals surface area contributed by atoms with Crippen LogP contribution in [-0.4, -0.2) is 4.57 Å². The third-order valence-corrected chi connectivity index (χ3v) is 6.94. The molecular formula is C33H27N. The van der Waals surface area contributed by atoms with Crippen LogP contribution >= 0.6 is 0 Å². The van der Waals surface area contributed by atoms with Gasteiger partial charge in [-0.25, -0.2) is 0 Å². The molecule has 5 aromatic carbocycles. The summed E-state index contributed by atoms with van der Waals surface area (Å²) in [6, 6.07) is 46.1. The zero-order valence-corrected chi connectivity index (χ0v) is 19.4. The first-order valence-electron chi connectivity index (χ1n) is 12.1. The molecule has 1 heterocycles. The van der Waals surface area contributed by atoms with Gasteiger partial charge in [0.2, 0.25) is 0 Å². The molecule has 0 saturated carbocycles. The van der Waals surface area contributed by atoms with E-state index in [0.717, 1.165) is 6.42 Å². The van der Waals surface area contributed by atoms with E-state index in [1.165, 1.54) is 49.7 Å². The molecule has 1 nitrogen and oxygen atoms in total. The first-order chi connectivity index (χ1) is 16.8. The van der Waals surface area contributed by atoms with E-state index in [0.29, 0.717) is 5.92 Å². The maximum atomic E-state index is 2.41. The zero-order chi connectivity index (χ0) is 22.9. The number of aromatic nitrogens is 1. The fraction of sp³-hybridized carbons (Fsp3) is 0.0909. The van der Waals surface area contributed by atoms with Crippen molar-refractivity contribution in [3.8, 4) is 16.8 Å². The third-order valence-electron chi connectivity index (χ3n) is 6.94. The minimum atomic E-state index is 0.369. The van der Waals surface area contributed by atoms with Crippen molar-refractivity contribution in [2.45, 2.75) is 19.3 Å². The molecule has 0 N–H and O–H groups in total. The summed E-state index contributed by atoms with van der Waals surface area (Å²) in [6.45, 7) is 2.28. The van der Waals surface area contributed by atoms with Crippen molar-refractivity contribution in [3.05, 3.63) is 139 Å². The lowest BCUT2D eigenvalue weighted by Gasteiger charge is -2.17. The van der Waals surface area contributed by atoms with Crippen molar-refractivity contribution in [1.82, 2.24) is 4.57 Å². The fourth-order valence-electron chi connectivity index (χ4n) is 5.26. The second-order valence-corrected chi connectivity index (χ2v) is 8.91. The number of hydrogen-bond donors (Lipinski definition) is 0. The molecule has 0 amide bonds. The maximum absolute atomic E-state index is 2.41. The minimum absolute atomic E-state index is 0.369. The number of benzene rings is 5. The van der Waals surface area contributed by atoms with Gasteiger partial charge >= 0.3 is 0 Å². The van der Waals surface area contributed by atoms with Crippen molar-refractivity contribution < 1.29 is 0 Å². The van der Waals surface area contributed by atoms with E-state index in [9.17, 15) is 0 Å². The topological polar surface area (TPSA) is 4.93 Å². The van der Waals surface area contributed by atoms with Gasteiger partial charge in [0.25, 0.3) is 0 Å². The summed E-state index contributed by atoms with van der Waals surface area (Å²) in [7, 11) is 0. The van der Waals surface area contributed by atoms with Crippen molar-refractivity contribution in [1.29, 1.82) is 0 Å². The molecule has 0 radical (unpaired) electrons. The maximum Gasteiger partial charge on any atom is 0.0541 e. The smallest absolute Gasteiger partial charge is 0.0541 e. The molecule has 0 aliphatic carbocycles. The second kappa shape index (κ2) is 8.68. The van der Waals surface area contributed by atoms with E-state index in [1.807, 2.05) is 0 Å². The lowest BCUT2D eigenvalue weighted by atomic mass is 9.87. The molecule has 1 heteroatoms. The first kappa shape index (κ1) is 20.5.